The van der Waals surface area contributed by atoms with Crippen molar-refractivity contribution in [3.63, 3.8) is 0 Å². The van der Waals surface area contributed by atoms with Gasteiger partial charge in [-0.15, -0.1) is 0 Å². The van der Waals surface area contributed by atoms with E-state index in [-0.39, 0.29) is 0 Å². The van der Waals surface area contributed by atoms with Crippen LogP contribution < -0.4 is 4.74 Å². The van der Waals surface area contributed by atoms with E-state index in [4.69, 9.17) is 10.00 Å². The van der Waals surface area contributed by atoms with Crippen molar-refractivity contribution >= 4 is 0 Å². The van der Waals surface area contributed by atoms with E-state index in [1.807, 2.05) is 12.1 Å². The van der Waals surface area contributed by atoms with Crippen molar-refractivity contribution < 1.29 is 4.74 Å². The molecule has 15 heavy (non-hydrogen) atoms. The Morgan fingerprint density at radius 1 is 1.33 bits per heavy atom. The first-order chi connectivity index (χ1) is 7.29. The Balaban J connectivity index is 1.86. The third-order valence-corrected chi connectivity index (χ3v) is 3.25. The highest BCUT2D eigenvalue weighted by Gasteiger charge is 2.26. The summed E-state index contributed by atoms with van der Waals surface area (Å²) in [4.78, 5) is 0. The third kappa shape index (κ3) is 2.30. The Kier molecular flexibility index (Phi) is 2.91. The van der Waals surface area contributed by atoms with Crippen LogP contribution in [0.4, 0.5) is 0 Å². The summed E-state index contributed by atoms with van der Waals surface area (Å²) in [5, 5.41) is 8.64. The summed E-state index contributed by atoms with van der Waals surface area (Å²) in [6, 6.07) is 9.40. The summed E-state index contributed by atoms with van der Waals surface area (Å²) >= 11 is 0. The second-order valence-electron chi connectivity index (χ2n) is 4.26. The lowest BCUT2D eigenvalue weighted by Crippen LogP contribution is -2.28. The SMILES string of the molecule is C[C@H]1CC[C@H]1COc1ccc(C#N)cc1. The van der Waals surface area contributed by atoms with Crippen LogP contribution in [0.2, 0.25) is 0 Å². The Morgan fingerprint density at radius 3 is 2.53 bits per heavy atom. The van der Waals surface area contributed by atoms with Gasteiger partial charge in [-0.2, -0.15) is 5.26 Å². The fraction of sp³-hybridized carbons (Fsp3) is 0.462. The van der Waals surface area contributed by atoms with E-state index in [0.29, 0.717) is 5.56 Å². The van der Waals surface area contributed by atoms with Crippen molar-refractivity contribution in [1.29, 1.82) is 5.26 Å². The largest absolute Gasteiger partial charge is 0.493 e. The van der Waals surface area contributed by atoms with Gasteiger partial charge in [0.15, 0.2) is 0 Å². The Bertz CT molecular complexity index is 363. The molecule has 0 heterocycles. The maximum atomic E-state index is 8.64. The van der Waals surface area contributed by atoms with Gasteiger partial charge < -0.3 is 4.74 Å². The van der Waals surface area contributed by atoms with Crippen LogP contribution in [-0.2, 0) is 0 Å². The van der Waals surface area contributed by atoms with Crippen molar-refractivity contribution in [2.24, 2.45) is 11.8 Å². The maximum Gasteiger partial charge on any atom is 0.119 e. The summed E-state index contributed by atoms with van der Waals surface area (Å²) < 4.78 is 5.67. The molecule has 0 radical (unpaired) electrons. The van der Waals surface area contributed by atoms with E-state index in [2.05, 4.69) is 13.0 Å². The lowest BCUT2D eigenvalue weighted by atomic mass is 9.75. The molecule has 0 spiro atoms. The summed E-state index contributed by atoms with van der Waals surface area (Å²) in [7, 11) is 0. The number of hydrogen-bond donors (Lipinski definition) is 0. The quantitative estimate of drug-likeness (QED) is 0.753. The van der Waals surface area contributed by atoms with Gasteiger partial charge in [-0.3, -0.25) is 0 Å². The van der Waals surface area contributed by atoms with Gasteiger partial charge in [0, 0.05) is 0 Å². The number of rotatable bonds is 3. The molecule has 0 aromatic heterocycles. The minimum atomic E-state index is 0.680. The molecule has 0 aliphatic heterocycles. The van der Waals surface area contributed by atoms with Crippen LogP contribution >= 0.6 is 0 Å². The van der Waals surface area contributed by atoms with Gasteiger partial charge in [-0.05, 0) is 48.9 Å². The molecule has 1 fully saturated rings. The highest BCUT2D eigenvalue weighted by molar-refractivity contribution is 5.34. The van der Waals surface area contributed by atoms with Gasteiger partial charge in [0.1, 0.15) is 5.75 Å². The predicted molar refractivity (Wildman–Crippen MR) is 58.5 cm³/mol. The number of nitrogens with zero attached hydrogens (tertiary/aromatic N) is 1. The molecule has 0 N–H and O–H groups in total. The van der Waals surface area contributed by atoms with Gasteiger partial charge in [0.05, 0.1) is 18.2 Å². The first kappa shape index (κ1) is 10.0. The van der Waals surface area contributed by atoms with Crippen molar-refractivity contribution in [3.8, 4) is 11.8 Å². The van der Waals surface area contributed by atoms with Crippen molar-refractivity contribution in [1.82, 2.24) is 0 Å². The third-order valence-electron chi connectivity index (χ3n) is 3.25. The van der Waals surface area contributed by atoms with Gasteiger partial charge >= 0.3 is 0 Å². The fourth-order valence-electron chi connectivity index (χ4n) is 1.81. The minimum absolute atomic E-state index is 0.680. The summed E-state index contributed by atoms with van der Waals surface area (Å²) in [5.41, 5.74) is 0.680. The Hall–Kier alpha value is -1.49. The molecule has 1 aromatic rings. The Labute approximate surface area is 90.5 Å². The number of hydrogen-bond acceptors (Lipinski definition) is 2. The molecular formula is C13H15NO. The number of nitriles is 1. The van der Waals surface area contributed by atoms with E-state index in [1.54, 1.807) is 12.1 Å². The molecule has 1 saturated carbocycles. The molecule has 2 heteroatoms. The zero-order valence-electron chi connectivity index (χ0n) is 8.94. The minimum Gasteiger partial charge on any atom is -0.493 e. The summed E-state index contributed by atoms with van der Waals surface area (Å²) in [6.07, 6.45) is 2.62. The van der Waals surface area contributed by atoms with Crippen molar-refractivity contribution in [3.05, 3.63) is 29.8 Å². The second-order valence-corrected chi connectivity index (χ2v) is 4.26. The average molecular weight is 201 g/mol. The number of benzene rings is 1. The van der Waals surface area contributed by atoms with Crippen LogP contribution in [0.25, 0.3) is 0 Å². The number of ether oxygens (including phenoxy) is 1. The molecule has 2 rings (SSSR count). The average Bonchev–Trinajstić information content (AvgIpc) is 2.28. The standard InChI is InChI=1S/C13H15NO/c1-10-2-5-12(10)9-15-13-6-3-11(8-14)4-7-13/h3-4,6-7,10,12H,2,5,9H2,1H3/t10-,12-/m0/s1. The molecule has 2 nitrogen and oxygen atoms in total. The molecule has 0 unspecified atom stereocenters. The van der Waals surface area contributed by atoms with Crippen molar-refractivity contribution in [2.75, 3.05) is 6.61 Å². The zero-order valence-corrected chi connectivity index (χ0v) is 8.94. The normalized spacial score (nSPS) is 24.0. The second kappa shape index (κ2) is 4.35. The molecule has 0 bridgehead atoms. The lowest BCUT2D eigenvalue weighted by Gasteiger charge is -2.33. The predicted octanol–water partition coefficient (Wildman–Crippen LogP) is 2.98. The van der Waals surface area contributed by atoms with Crippen molar-refractivity contribution in [2.45, 2.75) is 19.8 Å². The van der Waals surface area contributed by atoms with E-state index < -0.39 is 0 Å². The van der Waals surface area contributed by atoms with Crippen LogP contribution in [0.1, 0.15) is 25.3 Å². The smallest absolute Gasteiger partial charge is 0.119 e. The topological polar surface area (TPSA) is 33.0 Å². The van der Waals surface area contributed by atoms with E-state index in [1.165, 1.54) is 12.8 Å². The first-order valence-electron chi connectivity index (χ1n) is 5.42. The van der Waals surface area contributed by atoms with Crippen LogP contribution in [0.15, 0.2) is 24.3 Å². The van der Waals surface area contributed by atoms with Gasteiger partial charge in [0.25, 0.3) is 0 Å². The molecule has 2 atom stereocenters. The van der Waals surface area contributed by atoms with Gasteiger partial charge in [-0.1, -0.05) is 6.92 Å². The monoisotopic (exact) mass is 201 g/mol. The molecule has 1 aromatic carbocycles. The first-order valence-corrected chi connectivity index (χ1v) is 5.42. The lowest BCUT2D eigenvalue weighted by molar-refractivity contribution is 0.116. The molecular weight excluding hydrogens is 186 g/mol. The van der Waals surface area contributed by atoms with Gasteiger partial charge in [-0.25, -0.2) is 0 Å². The van der Waals surface area contributed by atoms with Crippen LogP contribution in [0.5, 0.6) is 5.75 Å². The summed E-state index contributed by atoms with van der Waals surface area (Å²) in [6.45, 7) is 3.09. The van der Waals surface area contributed by atoms with Crippen LogP contribution in [0, 0.1) is 23.2 Å². The Morgan fingerprint density at radius 2 is 2.07 bits per heavy atom. The highest BCUT2D eigenvalue weighted by Crippen LogP contribution is 2.33. The molecule has 1 aliphatic rings. The van der Waals surface area contributed by atoms with E-state index in [0.717, 1.165) is 24.2 Å². The van der Waals surface area contributed by atoms with Gasteiger partial charge in [0.2, 0.25) is 0 Å². The summed E-state index contributed by atoms with van der Waals surface area (Å²) in [5.74, 6) is 2.40. The maximum absolute atomic E-state index is 8.64. The van der Waals surface area contributed by atoms with E-state index in [9.17, 15) is 0 Å². The highest BCUT2D eigenvalue weighted by atomic mass is 16.5. The molecule has 78 valence electrons. The molecule has 0 amide bonds. The van der Waals surface area contributed by atoms with Crippen LogP contribution in [-0.4, -0.2) is 6.61 Å². The molecule has 0 saturated heterocycles. The molecule has 1 aliphatic carbocycles. The fourth-order valence-corrected chi connectivity index (χ4v) is 1.81. The van der Waals surface area contributed by atoms with Crippen LogP contribution in [0.3, 0.4) is 0 Å². The zero-order chi connectivity index (χ0) is 10.7. The van der Waals surface area contributed by atoms with E-state index >= 15 is 0 Å².